The van der Waals surface area contributed by atoms with Crippen LogP contribution in [-0.2, 0) is 43.9 Å². The summed E-state index contributed by atoms with van der Waals surface area (Å²) < 4.78 is 52.0. The molecule has 6 N–H and O–H groups in total. The molecule has 2 unspecified atom stereocenters. The van der Waals surface area contributed by atoms with Gasteiger partial charge in [-0.2, -0.15) is 4.98 Å². The van der Waals surface area contributed by atoms with Gasteiger partial charge >= 0.3 is 13.5 Å². The van der Waals surface area contributed by atoms with Crippen LogP contribution in [-0.4, -0.2) is 76.6 Å². The molecule has 0 aromatic carbocycles. The van der Waals surface area contributed by atoms with E-state index in [0.717, 1.165) is 0 Å². The maximum atomic E-state index is 13.5. The van der Waals surface area contributed by atoms with Crippen LogP contribution in [0.3, 0.4) is 0 Å². The Morgan fingerprint density at radius 1 is 1.00 bits per heavy atom. The minimum atomic E-state index is -4.06. The predicted octanol–water partition coefficient (Wildman–Crippen LogP) is 1.38. The zero-order valence-corrected chi connectivity index (χ0v) is 25.4. The van der Waals surface area contributed by atoms with Gasteiger partial charge in [0.15, 0.2) is 23.0 Å². The summed E-state index contributed by atoms with van der Waals surface area (Å²) in [4.78, 5) is 42.6. The molecule has 18 nitrogen and oxygen atoms in total. The molecule has 0 aliphatic carbocycles. The minimum Gasteiger partial charge on any atom is -0.397 e. The van der Waals surface area contributed by atoms with Crippen molar-refractivity contribution in [3.63, 3.8) is 0 Å². The highest BCUT2D eigenvalue weighted by Gasteiger charge is 2.46. The van der Waals surface area contributed by atoms with Gasteiger partial charge in [0.2, 0.25) is 5.95 Å². The second kappa shape index (κ2) is 10.8. The number of nitrogens with one attached hydrogen (secondary N) is 1. The van der Waals surface area contributed by atoms with E-state index >= 15 is 0 Å². The SMILES string of the molecule is Nc1nc2c(ncn2[C@@H]2O[C@@H]3COP(O)(=S)O[C@@H]4C[C@H](n5cnc6c(N)ccnc65)O[C@@H]4COP(=O)(S)O[C@H]2C3)c(=O)[nH]1. The third-order valence-corrected chi connectivity index (χ3v) is 10.4. The largest absolute Gasteiger partial charge is 0.397 e. The number of H-pyrrole nitrogens is 1. The van der Waals surface area contributed by atoms with E-state index in [-0.39, 0.29) is 43.2 Å². The Bertz CT molecular complexity index is 1870. The van der Waals surface area contributed by atoms with Crippen molar-refractivity contribution in [1.82, 2.24) is 34.1 Å². The van der Waals surface area contributed by atoms with Crippen LogP contribution in [0.5, 0.6) is 0 Å². The number of pyridine rings is 1. The predicted molar refractivity (Wildman–Crippen MR) is 156 cm³/mol. The van der Waals surface area contributed by atoms with Crippen LogP contribution < -0.4 is 17.0 Å². The molecule has 7 rings (SSSR count). The Morgan fingerprint density at radius 3 is 2.63 bits per heavy atom. The fourth-order valence-electron chi connectivity index (χ4n) is 5.34. The summed E-state index contributed by atoms with van der Waals surface area (Å²) in [5.41, 5.74) is 12.8. The number of hydrogen-bond acceptors (Lipinski definition) is 15. The molecule has 8 atom stereocenters. The maximum absolute atomic E-state index is 13.5. The lowest BCUT2D eigenvalue weighted by Gasteiger charge is -2.26. The van der Waals surface area contributed by atoms with Gasteiger partial charge in [0.1, 0.15) is 24.0 Å². The molecule has 0 saturated carbocycles. The number of fused-ring (bicyclic) bond motifs is 5. The van der Waals surface area contributed by atoms with E-state index in [9.17, 15) is 14.3 Å². The number of nitrogen functional groups attached to an aromatic ring is 2. The maximum Gasteiger partial charge on any atom is 0.386 e. The number of thiol groups is 1. The van der Waals surface area contributed by atoms with E-state index in [2.05, 4.69) is 37.2 Å². The summed E-state index contributed by atoms with van der Waals surface area (Å²) in [5.74, 6) is -0.134. The number of imidazole rings is 2. The molecule has 7 heterocycles. The van der Waals surface area contributed by atoms with Crippen LogP contribution in [0.2, 0.25) is 0 Å². The highest BCUT2D eigenvalue weighted by Crippen LogP contribution is 2.58. The lowest BCUT2D eigenvalue weighted by Crippen LogP contribution is -2.29. The van der Waals surface area contributed by atoms with Gasteiger partial charge in [-0.05, 0) is 17.9 Å². The van der Waals surface area contributed by atoms with Crippen molar-refractivity contribution in [2.45, 2.75) is 49.7 Å². The van der Waals surface area contributed by atoms with E-state index in [4.69, 9.17) is 50.8 Å². The molecule has 43 heavy (non-hydrogen) atoms. The van der Waals surface area contributed by atoms with E-state index in [1.165, 1.54) is 17.2 Å². The fourth-order valence-corrected chi connectivity index (χ4v) is 8.32. The van der Waals surface area contributed by atoms with E-state index in [0.29, 0.717) is 16.9 Å². The molecule has 2 bridgehead atoms. The van der Waals surface area contributed by atoms with Crippen molar-refractivity contribution in [1.29, 1.82) is 0 Å². The Labute approximate surface area is 251 Å². The molecule has 0 radical (unpaired) electrons. The zero-order valence-electron chi connectivity index (χ0n) is 21.9. The Balaban J connectivity index is 1.17. The van der Waals surface area contributed by atoms with Crippen LogP contribution in [0.25, 0.3) is 22.3 Å². The average Bonchev–Trinajstić information content (AvgIpc) is 3.71. The van der Waals surface area contributed by atoms with E-state index < -0.39 is 55.9 Å². The molecule has 3 fully saturated rings. The summed E-state index contributed by atoms with van der Waals surface area (Å²) >= 11 is 9.52. The minimum absolute atomic E-state index is 0.0118. The summed E-state index contributed by atoms with van der Waals surface area (Å²) in [6.45, 7) is -8.40. The normalized spacial score (nSPS) is 35.4. The average molecular weight is 674 g/mol. The van der Waals surface area contributed by atoms with E-state index in [1.807, 2.05) is 0 Å². The number of hydrogen-bond donors (Lipinski definition) is 5. The second-order valence-electron chi connectivity index (χ2n) is 10.1. The summed E-state index contributed by atoms with van der Waals surface area (Å²) in [6.07, 6.45) is -0.276. The first-order chi connectivity index (χ1) is 20.5. The molecule has 3 aliphatic heterocycles. The van der Waals surface area contributed by atoms with E-state index in [1.54, 1.807) is 16.8 Å². The first kappa shape index (κ1) is 29.2. The van der Waals surface area contributed by atoms with Gasteiger partial charge in [-0.3, -0.25) is 28.0 Å². The molecule has 3 aliphatic rings. The Kier molecular flexibility index (Phi) is 7.38. The molecular formula is C21H25N9O9P2S2. The third kappa shape index (κ3) is 5.62. The molecule has 0 amide bonds. The number of nitrogens with zero attached hydrogens (tertiary/aromatic N) is 6. The van der Waals surface area contributed by atoms with Gasteiger partial charge in [0.05, 0.1) is 43.8 Å². The third-order valence-electron chi connectivity index (χ3n) is 7.22. The quantitative estimate of drug-likeness (QED) is 0.149. The van der Waals surface area contributed by atoms with Crippen molar-refractivity contribution in [2.75, 3.05) is 24.7 Å². The molecule has 0 spiro atoms. The molecular weight excluding hydrogens is 648 g/mol. The molecule has 4 aromatic rings. The second-order valence-corrected chi connectivity index (χ2v) is 15.7. The van der Waals surface area contributed by atoms with Crippen molar-refractivity contribution < 1.29 is 37.0 Å². The molecule has 4 aromatic heterocycles. The smallest absolute Gasteiger partial charge is 0.386 e. The van der Waals surface area contributed by atoms with Crippen LogP contribution in [0.15, 0.2) is 29.7 Å². The Hall–Kier alpha value is -2.48. The standard InChI is InChI=1S/C21H25N9O9P2S2/c22-10-1-2-24-17-15(10)25-7-29(17)14-4-11-13(37-14)6-35-41(33,43)39-12-3-9(5-34-40(32,42)38-11)36-20(12)30-8-26-16-18(30)27-21(23)28-19(16)31/h1-2,7-9,11-14,20H,3-6H2,(H2,22,24)(H,32,42)(H,33,43)(H3,23,27,28,31)/t9-,11+,12-,13+,14+,20+,40?,41?/m0/s1. The molecule has 230 valence electrons. The number of aromatic nitrogens is 7. The Morgan fingerprint density at radius 2 is 1.79 bits per heavy atom. The van der Waals surface area contributed by atoms with Crippen LogP contribution >= 0.6 is 25.8 Å². The lowest BCUT2D eigenvalue weighted by molar-refractivity contribution is -0.0572. The van der Waals surface area contributed by atoms with Gasteiger partial charge in [0, 0.05) is 19.0 Å². The first-order valence-corrected chi connectivity index (χ1v) is 18.2. The molecule has 3 saturated heterocycles. The number of anilines is 2. The highest BCUT2D eigenvalue weighted by atomic mass is 32.7. The van der Waals surface area contributed by atoms with Gasteiger partial charge in [-0.25, -0.2) is 19.5 Å². The van der Waals surface area contributed by atoms with Crippen molar-refractivity contribution in [3.05, 3.63) is 35.3 Å². The van der Waals surface area contributed by atoms with Gasteiger partial charge < -0.3 is 34.9 Å². The summed E-state index contributed by atoms with van der Waals surface area (Å²) in [6, 6.07) is 1.63. The van der Waals surface area contributed by atoms with Crippen molar-refractivity contribution in [3.8, 4) is 0 Å². The topological polar surface area (TPSA) is 239 Å². The zero-order chi connectivity index (χ0) is 30.1. The van der Waals surface area contributed by atoms with Crippen LogP contribution in [0.4, 0.5) is 11.6 Å². The van der Waals surface area contributed by atoms with Gasteiger partial charge in [-0.15, -0.1) is 0 Å². The van der Waals surface area contributed by atoms with Gasteiger partial charge in [-0.1, -0.05) is 12.2 Å². The van der Waals surface area contributed by atoms with Crippen molar-refractivity contribution >= 4 is 71.5 Å². The highest BCUT2D eigenvalue weighted by molar-refractivity contribution is 8.44. The number of aromatic amines is 1. The monoisotopic (exact) mass is 673 g/mol. The summed E-state index contributed by atoms with van der Waals surface area (Å²) in [5, 5.41) is 0. The summed E-state index contributed by atoms with van der Waals surface area (Å²) in [7, 11) is 0. The fraction of sp³-hybridized carbons (Fsp3) is 0.476. The van der Waals surface area contributed by atoms with Crippen LogP contribution in [0.1, 0.15) is 25.3 Å². The number of ether oxygens (including phenoxy) is 2. The van der Waals surface area contributed by atoms with Crippen LogP contribution in [0, 0.1) is 0 Å². The van der Waals surface area contributed by atoms with Crippen molar-refractivity contribution in [2.24, 2.45) is 0 Å². The number of nitrogens with two attached hydrogens (primary N) is 2. The molecule has 22 heteroatoms. The van der Waals surface area contributed by atoms with Gasteiger partial charge in [0.25, 0.3) is 5.56 Å². The first-order valence-electron chi connectivity index (χ1n) is 12.9. The lowest BCUT2D eigenvalue weighted by atomic mass is 10.2. The number of rotatable bonds is 2.